The van der Waals surface area contributed by atoms with E-state index in [0.29, 0.717) is 11.3 Å². The van der Waals surface area contributed by atoms with Gasteiger partial charge >= 0.3 is 0 Å². The highest BCUT2D eigenvalue weighted by atomic mass is 79.9. The molecule has 1 aliphatic heterocycles. The summed E-state index contributed by atoms with van der Waals surface area (Å²) in [7, 11) is 1.58. The number of aromatic nitrogens is 1. The number of halogens is 1. The minimum atomic E-state index is -1.86. The number of anilines is 1. The van der Waals surface area contributed by atoms with Crippen molar-refractivity contribution >= 4 is 33.3 Å². The van der Waals surface area contributed by atoms with Gasteiger partial charge in [0.1, 0.15) is 5.69 Å². The molecule has 1 aliphatic rings. The van der Waals surface area contributed by atoms with Gasteiger partial charge in [-0.15, -0.1) is 0 Å². The Balaban J connectivity index is 2.01. The third-order valence-electron chi connectivity index (χ3n) is 3.79. The van der Waals surface area contributed by atoms with Crippen LogP contribution in [0, 0.1) is 0 Å². The Hall–Kier alpha value is -2.05. The zero-order chi connectivity index (χ0) is 15.9. The summed E-state index contributed by atoms with van der Waals surface area (Å²) in [6, 6.07) is 10.2. The summed E-state index contributed by atoms with van der Waals surface area (Å²) in [4.78, 5) is 30.1. The van der Waals surface area contributed by atoms with Gasteiger partial charge in [0, 0.05) is 23.3 Å². The normalized spacial score (nSPS) is 20.1. The minimum Gasteiger partial charge on any atom is -0.375 e. The van der Waals surface area contributed by atoms with Gasteiger partial charge in [-0.2, -0.15) is 0 Å². The van der Waals surface area contributed by atoms with E-state index in [9.17, 15) is 14.7 Å². The van der Waals surface area contributed by atoms with Crippen molar-refractivity contribution in [2.45, 2.75) is 12.0 Å². The first kappa shape index (κ1) is 14.9. The number of hydrogen-bond acceptors (Lipinski definition) is 4. The van der Waals surface area contributed by atoms with Gasteiger partial charge in [0.2, 0.25) is 0 Å². The molecule has 2 heterocycles. The van der Waals surface area contributed by atoms with Crippen molar-refractivity contribution in [2.24, 2.45) is 0 Å². The molecule has 0 saturated carbocycles. The van der Waals surface area contributed by atoms with Gasteiger partial charge in [0.15, 0.2) is 11.4 Å². The van der Waals surface area contributed by atoms with Crippen molar-refractivity contribution in [3.63, 3.8) is 0 Å². The second kappa shape index (κ2) is 5.30. The first-order chi connectivity index (χ1) is 10.4. The van der Waals surface area contributed by atoms with Gasteiger partial charge in [-0.3, -0.25) is 14.6 Å². The van der Waals surface area contributed by atoms with Crippen LogP contribution in [0.5, 0.6) is 0 Å². The van der Waals surface area contributed by atoms with Gasteiger partial charge in [0.25, 0.3) is 5.91 Å². The molecule has 112 valence electrons. The number of hydrogen-bond donors (Lipinski definition) is 1. The number of nitrogens with zero attached hydrogens (tertiary/aromatic N) is 2. The average molecular weight is 361 g/mol. The SMILES string of the molecule is CN1C(=O)[C@](O)(CC(=O)c2ccccn2)c2cc(Br)ccc21. The molecule has 0 unspecified atom stereocenters. The lowest BCUT2D eigenvalue weighted by Crippen LogP contribution is -2.40. The van der Waals surface area contributed by atoms with E-state index in [4.69, 9.17) is 0 Å². The van der Waals surface area contributed by atoms with E-state index in [2.05, 4.69) is 20.9 Å². The number of carbonyl (C=O) groups is 2. The molecule has 0 spiro atoms. The zero-order valence-electron chi connectivity index (χ0n) is 11.8. The quantitative estimate of drug-likeness (QED) is 0.852. The van der Waals surface area contributed by atoms with Crippen LogP contribution in [-0.2, 0) is 10.4 Å². The van der Waals surface area contributed by atoms with Gasteiger partial charge in [-0.1, -0.05) is 22.0 Å². The van der Waals surface area contributed by atoms with Crippen molar-refractivity contribution in [3.8, 4) is 0 Å². The maximum atomic E-state index is 12.5. The van der Waals surface area contributed by atoms with Crippen LogP contribution in [0.25, 0.3) is 0 Å². The van der Waals surface area contributed by atoms with Gasteiger partial charge in [0.05, 0.1) is 12.1 Å². The number of carbonyl (C=O) groups excluding carboxylic acids is 2. The molecule has 1 N–H and O–H groups in total. The summed E-state index contributed by atoms with van der Waals surface area (Å²) in [5.74, 6) is -0.887. The predicted octanol–water partition coefficient (Wildman–Crippen LogP) is 2.28. The number of amides is 1. The topological polar surface area (TPSA) is 70.5 Å². The van der Waals surface area contributed by atoms with E-state index < -0.39 is 11.5 Å². The fourth-order valence-corrected chi connectivity index (χ4v) is 3.02. The van der Waals surface area contributed by atoms with Crippen LogP contribution < -0.4 is 4.90 Å². The van der Waals surface area contributed by atoms with Gasteiger partial charge < -0.3 is 10.0 Å². The molecule has 1 aromatic heterocycles. The Bertz CT molecular complexity index is 763. The molecule has 0 aliphatic carbocycles. The van der Waals surface area contributed by atoms with Crippen LogP contribution in [0.2, 0.25) is 0 Å². The third kappa shape index (κ3) is 2.24. The van der Waals surface area contributed by atoms with E-state index >= 15 is 0 Å². The van der Waals surface area contributed by atoms with Crippen LogP contribution in [0.4, 0.5) is 5.69 Å². The maximum absolute atomic E-state index is 12.5. The fourth-order valence-electron chi connectivity index (χ4n) is 2.66. The Kier molecular flexibility index (Phi) is 3.58. The first-order valence-corrected chi connectivity index (χ1v) is 7.47. The molecular formula is C16H13BrN2O3. The van der Waals surface area contributed by atoms with Crippen LogP contribution in [0.3, 0.4) is 0 Å². The molecule has 0 fully saturated rings. The molecule has 5 nitrogen and oxygen atoms in total. The highest BCUT2D eigenvalue weighted by Gasteiger charge is 2.49. The Morgan fingerprint density at radius 2 is 2.14 bits per heavy atom. The first-order valence-electron chi connectivity index (χ1n) is 6.68. The summed E-state index contributed by atoms with van der Waals surface area (Å²) in [5, 5.41) is 10.9. The molecule has 3 rings (SSSR count). The molecule has 6 heteroatoms. The molecule has 22 heavy (non-hydrogen) atoms. The van der Waals surface area contributed by atoms with E-state index in [1.54, 1.807) is 43.4 Å². The molecule has 1 aromatic carbocycles. The second-order valence-electron chi connectivity index (χ2n) is 5.20. The standard InChI is InChI=1S/C16H13BrN2O3/c1-19-13-6-5-10(17)8-11(13)16(22,15(19)21)9-14(20)12-4-2-3-7-18-12/h2-8,22H,9H2,1H3/t16-/m0/s1. The van der Waals surface area contributed by atoms with E-state index in [0.717, 1.165) is 4.47 Å². The monoisotopic (exact) mass is 360 g/mol. The third-order valence-corrected chi connectivity index (χ3v) is 4.28. The minimum absolute atomic E-state index is 0.231. The van der Waals surface area contributed by atoms with E-state index in [1.807, 2.05) is 0 Å². The maximum Gasteiger partial charge on any atom is 0.263 e. The predicted molar refractivity (Wildman–Crippen MR) is 84.6 cm³/mol. The average Bonchev–Trinajstić information content (AvgIpc) is 2.70. The van der Waals surface area contributed by atoms with Gasteiger partial charge in [-0.05, 0) is 30.3 Å². The summed E-state index contributed by atoms with van der Waals surface area (Å²) >= 11 is 3.33. The number of pyridine rings is 1. The molecule has 0 radical (unpaired) electrons. The van der Waals surface area contributed by atoms with Crippen LogP contribution >= 0.6 is 15.9 Å². The lowest BCUT2D eigenvalue weighted by molar-refractivity contribution is -0.135. The number of rotatable bonds is 3. The van der Waals surface area contributed by atoms with Crippen molar-refractivity contribution in [1.29, 1.82) is 0 Å². The highest BCUT2D eigenvalue weighted by molar-refractivity contribution is 9.10. The van der Waals surface area contributed by atoms with Gasteiger partial charge in [-0.25, -0.2) is 0 Å². The number of ketones is 1. The van der Waals surface area contributed by atoms with Crippen LogP contribution in [-0.4, -0.2) is 28.8 Å². The van der Waals surface area contributed by atoms with Crippen molar-refractivity contribution < 1.29 is 14.7 Å². The second-order valence-corrected chi connectivity index (χ2v) is 6.12. The summed E-state index contributed by atoms with van der Waals surface area (Å²) in [6.07, 6.45) is 1.17. The Labute approximate surface area is 135 Å². The fraction of sp³-hybridized carbons (Fsp3) is 0.188. The molecule has 1 amide bonds. The Morgan fingerprint density at radius 3 is 2.82 bits per heavy atom. The summed E-state index contributed by atoms with van der Waals surface area (Å²) in [5.41, 5.74) is -0.597. The molecule has 0 bridgehead atoms. The number of likely N-dealkylation sites (N-methyl/N-ethyl adjacent to an activating group) is 1. The Morgan fingerprint density at radius 1 is 1.36 bits per heavy atom. The largest absolute Gasteiger partial charge is 0.375 e. The van der Waals surface area contributed by atoms with Crippen molar-refractivity contribution in [2.75, 3.05) is 11.9 Å². The smallest absolute Gasteiger partial charge is 0.263 e. The summed E-state index contributed by atoms with van der Waals surface area (Å²) < 4.78 is 0.734. The lowest BCUT2D eigenvalue weighted by Gasteiger charge is -2.21. The molecule has 1 atom stereocenters. The van der Waals surface area contributed by atoms with Crippen LogP contribution in [0.15, 0.2) is 47.1 Å². The number of benzene rings is 1. The van der Waals surface area contributed by atoms with E-state index in [-0.39, 0.29) is 17.9 Å². The zero-order valence-corrected chi connectivity index (χ0v) is 13.4. The molecule has 0 saturated heterocycles. The van der Waals surface area contributed by atoms with Crippen LogP contribution in [0.1, 0.15) is 22.5 Å². The lowest BCUT2D eigenvalue weighted by atomic mass is 9.89. The summed E-state index contributed by atoms with van der Waals surface area (Å²) in [6.45, 7) is 0. The number of Topliss-reactive ketones (excluding diaryl/α,β-unsaturated/α-hetero) is 1. The van der Waals surface area contributed by atoms with Crippen molar-refractivity contribution in [1.82, 2.24) is 4.98 Å². The number of aliphatic hydroxyl groups is 1. The number of fused-ring (bicyclic) bond motifs is 1. The molecular weight excluding hydrogens is 348 g/mol. The van der Waals surface area contributed by atoms with E-state index in [1.165, 1.54) is 11.1 Å². The molecule has 2 aromatic rings. The highest BCUT2D eigenvalue weighted by Crippen LogP contribution is 2.43. The van der Waals surface area contributed by atoms with Crippen molar-refractivity contribution in [3.05, 3.63) is 58.3 Å².